The first kappa shape index (κ1) is 60.4. The Morgan fingerprint density at radius 3 is 0.350 bits per heavy atom. The fourth-order valence-electron chi connectivity index (χ4n) is 10.4. The molecule has 0 unspecified atom stereocenters. The number of hydrogen-bond acceptors (Lipinski definition) is 0. The van der Waals surface area contributed by atoms with E-state index in [-0.39, 0.29) is 0 Å². The van der Waals surface area contributed by atoms with E-state index in [1.165, 1.54) is 302 Å². The zero-order valence-corrected chi connectivity index (χ0v) is 44.2. The fraction of sp³-hybridized carbons (Fsp3) is 1.00. The topological polar surface area (TPSA) is 0 Å². The van der Waals surface area contributed by atoms with E-state index in [0.29, 0.717) is 0 Å². The Morgan fingerprint density at radius 2 is 0.233 bits per heavy atom. The van der Waals surface area contributed by atoms with Crippen LogP contribution in [0.1, 0.15) is 355 Å². The first-order valence-electron chi connectivity index (χ1n) is 29.6. The molecule has 0 nitrogen and oxygen atoms in total. The molecule has 0 aliphatic rings. The summed E-state index contributed by atoms with van der Waals surface area (Å²) in [4.78, 5) is 0. The lowest BCUT2D eigenvalue weighted by molar-refractivity contribution is 0.533. The van der Waals surface area contributed by atoms with Crippen LogP contribution in [-0.4, -0.2) is 24.6 Å². The van der Waals surface area contributed by atoms with Crippen molar-refractivity contribution in [2.45, 2.75) is 355 Å². The average molecular weight is 863 g/mol. The standard InChI is InChI=1S/C59H122P/c1-5-9-13-17-21-24-27-30-33-36-39-42-45-49-53-57-60(56-52-48-20-16-12-8-4,58-54-50-46-43-40-37-34-31-28-25-22-18-14-10-6-2)59-55-51-47-44-41-38-35-32-29-26-23-19-15-11-7-3/h5-59H2,1-4H3/q+1. The third-order valence-corrected chi connectivity index (χ3v) is 19.8. The molecule has 0 radical (unpaired) electrons. The first-order chi connectivity index (χ1) is 29.7. The molecule has 0 aromatic carbocycles. The third kappa shape index (κ3) is 47.9. The van der Waals surface area contributed by atoms with Crippen LogP contribution >= 0.6 is 7.26 Å². The van der Waals surface area contributed by atoms with Gasteiger partial charge in [0.15, 0.2) is 0 Å². The van der Waals surface area contributed by atoms with Crippen LogP contribution < -0.4 is 0 Å². The highest BCUT2D eigenvalue weighted by atomic mass is 31.2. The van der Waals surface area contributed by atoms with Gasteiger partial charge in [0.1, 0.15) is 0 Å². The predicted molar refractivity (Wildman–Crippen MR) is 285 cm³/mol. The van der Waals surface area contributed by atoms with Gasteiger partial charge in [-0.25, -0.2) is 0 Å². The van der Waals surface area contributed by atoms with Gasteiger partial charge in [-0.1, -0.05) is 304 Å². The summed E-state index contributed by atoms with van der Waals surface area (Å²) in [5.41, 5.74) is 0. The Morgan fingerprint density at radius 1 is 0.133 bits per heavy atom. The molecule has 0 aromatic rings. The molecule has 0 fully saturated rings. The van der Waals surface area contributed by atoms with Crippen molar-refractivity contribution in [2.75, 3.05) is 24.6 Å². The summed E-state index contributed by atoms with van der Waals surface area (Å²) >= 11 is 0. The number of unbranched alkanes of at least 4 members (excludes halogenated alkanes) is 47. The molecule has 0 spiro atoms. The van der Waals surface area contributed by atoms with Crippen LogP contribution in [0.15, 0.2) is 0 Å². The Bertz CT molecular complexity index is 645. The third-order valence-electron chi connectivity index (χ3n) is 14.7. The summed E-state index contributed by atoms with van der Waals surface area (Å²) in [5.74, 6) is 0. The molecule has 0 amide bonds. The van der Waals surface area contributed by atoms with E-state index >= 15 is 0 Å². The fourth-order valence-corrected chi connectivity index (χ4v) is 15.3. The van der Waals surface area contributed by atoms with Gasteiger partial charge in [0.25, 0.3) is 0 Å². The molecule has 1 heteroatoms. The number of hydrogen-bond donors (Lipinski definition) is 0. The predicted octanol–water partition coefficient (Wildman–Crippen LogP) is 23.0. The number of rotatable bonds is 55. The van der Waals surface area contributed by atoms with E-state index in [2.05, 4.69) is 27.7 Å². The van der Waals surface area contributed by atoms with Gasteiger partial charge in [0, 0.05) is 7.26 Å². The molecule has 362 valence electrons. The second-order valence-electron chi connectivity index (χ2n) is 20.9. The van der Waals surface area contributed by atoms with Gasteiger partial charge in [-0.2, -0.15) is 0 Å². The molecule has 0 aliphatic carbocycles. The molecule has 0 N–H and O–H groups in total. The van der Waals surface area contributed by atoms with Crippen molar-refractivity contribution < 1.29 is 0 Å². The molecule has 0 saturated heterocycles. The van der Waals surface area contributed by atoms with E-state index in [9.17, 15) is 0 Å². The Kier molecular flexibility index (Phi) is 54.2. The highest BCUT2D eigenvalue weighted by Gasteiger charge is 2.35. The van der Waals surface area contributed by atoms with Crippen LogP contribution in [-0.2, 0) is 0 Å². The Labute approximate surface area is 385 Å². The van der Waals surface area contributed by atoms with Crippen molar-refractivity contribution in [1.29, 1.82) is 0 Å². The zero-order chi connectivity index (χ0) is 43.4. The summed E-state index contributed by atoms with van der Waals surface area (Å²) in [5, 5.41) is 0. The van der Waals surface area contributed by atoms with E-state index in [1.54, 1.807) is 50.3 Å². The van der Waals surface area contributed by atoms with Crippen molar-refractivity contribution in [3.8, 4) is 0 Å². The van der Waals surface area contributed by atoms with Crippen molar-refractivity contribution in [1.82, 2.24) is 0 Å². The maximum atomic E-state index is 2.38. The minimum atomic E-state index is -0.811. The van der Waals surface area contributed by atoms with E-state index in [1.807, 2.05) is 0 Å². The lowest BCUT2D eigenvalue weighted by Gasteiger charge is -2.28. The second-order valence-corrected chi connectivity index (χ2v) is 25.3. The van der Waals surface area contributed by atoms with Crippen molar-refractivity contribution in [2.24, 2.45) is 0 Å². The second kappa shape index (κ2) is 53.8. The average Bonchev–Trinajstić information content (AvgIpc) is 3.26. The SMILES string of the molecule is CCCCCCCCCCCCCCCCC[P+](CCCCCCCC)(CCCCCCCCCCCCCCCCC)CCCCCCCCCCCCCCCCC. The van der Waals surface area contributed by atoms with Crippen molar-refractivity contribution in [3.63, 3.8) is 0 Å². The quantitative estimate of drug-likeness (QED) is 0.0422. The van der Waals surface area contributed by atoms with Crippen LogP contribution in [0.3, 0.4) is 0 Å². The van der Waals surface area contributed by atoms with Crippen LogP contribution in [0.4, 0.5) is 0 Å². The van der Waals surface area contributed by atoms with Gasteiger partial charge in [-0.3, -0.25) is 0 Å². The summed E-state index contributed by atoms with van der Waals surface area (Å²) < 4.78 is 0. The molecule has 60 heavy (non-hydrogen) atoms. The summed E-state index contributed by atoms with van der Waals surface area (Å²) in [6, 6.07) is 0. The van der Waals surface area contributed by atoms with Crippen molar-refractivity contribution in [3.05, 3.63) is 0 Å². The van der Waals surface area contributed by atoms with Crippen LogP contribution in [0.5, 0.6) is 0 Å². The lowest BCUT2D eigenvalue weighted by Crippen LogP contribution is -2.13. The minimum Gasteiger partial charge on any atom is -0.0654 e. The first-order valence-corrected chi connectivity index (χ1v) is 32.1. The summed E-state index contributed by atoms with van der Waals surface area (Å²) in [6.07, 6.45) is 82.7. The lowest BCUT2D eigenvalue weighted by atomic mass is 10.0. The van der Waals surface area contributed by atoms with Gasteiger partial charge in [0.2, 0.25) is 0 Å². The Balaban J connectivity index is 4.71. The molecule has 0 atom stereocenters. The molecule has 0 saturated carbocycles. The van der Waals surface area contributed by atoms with Gasteiger partial charge >= 0.3 is 0 Å². The summed E-state index contributed by atoms with van der Waals surface area (Å²) in [6.45, 7) is 9.37. The van der Waals surface area contributed by atoms with Crippen LogP contribution in [0.25, 0.3) is 0 Å². The van der Waals surface area contributed by atoms with Gasteiger partial charge in [-0.15, -0.1) is 0 Å². The highest BCUT2D eigenvalue weighted by Crippen LogP contribution is 2.61. The normalized spacial score (nSPS) is 12.0. The monoisotopic (exact) mass is 862 g/mol. The zero-order valence-electron chi connectivity index (χ0n) is 43.3. The van der Waals surface area contributed by atoms with Crippen LogP contribution in [0, 0.1) is 0 Å². The molecular weight excluding hydrogens is 740 g/mol. The van der Waals surface area contributed by atoms with Gasteiger partial charge in [0.05, 0.1) is 24.6 Å². The summed E-state index contributed by atoms with van der Waals surface area (Å²) in [7, 11) is -0.811. The molecule has 0 aromatic heterocycles. The van der Waals surface area contributed by atoms with Crippen LogP contribution in [0.2, 0.25) is 0 Å². The molecule has 0 aliphatic heterocycles. The van der Waals surface area contributed by atoms with Gasteiger partial charge in [-0.05, 0) is 51.4 Å². The maximum Gasteiger partial charge on any atom is 0.0594 e. The van der Waals surface area contributed by atoms with Gasteiger partial charge < -0.3 is 0 Å². The van der Waals surface area contributed by atoms with E-state index in [4.69, 9.17) is 0 Å². The highest BCUT2D eigenvalue weighted by molar-refractivity contribution is 7.75. The van der Waals surface area contributed by atoms with E-state index in [0.717, 1.165) is 0 Å². The molecule has 0 heterocycles. The van der Waals surface area contributed by atoms with Crippen molar-refractivity contribution >= 4 is 7.26 Å². The minimum absolute atomic E-state index is 0.811. The maximum absolute atomic E-state index is 2.38. The van der Waals surface area contributed by atoms with E-state index < -0.39 is 7.26 Å². The smallest absolute Gasteiger partial charge is 0.0594 e. The Hall–Kier alpha value is 0.430. The molecule has 0 bridgehead atoms. The largest absolute Gasteiger partial charge is 0.0654 e. The molecular formula is C59H122P+. The molecule has 0 rings (SSSR count).